The summed E-state index contributed by atoms with van der Waals surface area (Å²) in [6.45, 7) is 3.87. The van der Waals surface area contributed by atoms with Crippen molar-refractivity contribution >= 4 is 17.3 Å². The summed E-state index contributed by atoms with van der Waals surface area (Å²) in [7, 11) is 0. The highest BCUT2D eigenvalue weighted by molar-refractivity contribution is 5.94. The van der Waals surface area contributed by atoms with E-state index in [0.717, 1.165) is 11.3 Å². The molecule has 0 unspecified atom stereocenters. The van der Waals surface area contributed by atoms with Crippen LogP contribution in [0.25, 0.3) is 0 Å². The summed E-state index contributed by atoms with van der Waals surface area (Å²) in [4.78, 5) is 12.3. The van der Waals surface area contributed by atoms with Crippen LogP contribution in [-0.4, -0.2) is 12.0 Å². The van der Waals surface area contributed by atoms with E-state index in [-0.39, 0.29) is 5.91 Å². The smallest absolute Gasteiger partial charge is 0.265 e. The summed E-state index contributed by atoms with van der Waals surface area (Å²) >= 11 is 0. The third kappa shape index (κ3) is 3.99. The van der Waals surface area contributed by atoms with E-state index in [9.17, 15) is 4.79 Å². The number of nitrogen functional groups attached to an aromatic ring is 1. The fraction of sp³-hybridized carbons (Fsp3) is 0.235. The van der Waals surface area contributed by atoms with Crippen molar-refractivity contribution in [1.82, 2.24) is 0 Å². The largest absolute Gasteiger partial charge is 0.480 e. The number of rotatable bonds is 5. The minimum atomic E-state index is -0.535. The number of carbonyl (C=O) groups is 1. The average Bonchev–Trinajstić information content (AvgIpc) is 2.46. The van der Waals surface area contributed by atoms with Gasteiger partial charge in [0.2, 0.25) is 0 Å². The molecule has 0 bridgehead atoms. The molecule has 1 atom stereocenters. The van der Waals surface area contributed by atoms with Crippen LogP contribution in [-0.2, 0) is 4.79 Å². The molecule has 1 amide bonds. The van der Waals surface area contributed by atoms with E-state index in [1.807, 2.05) is 38.1 Å². The monoisotopic (exact) mass is 284 g/mol. The summed E-state index contributed by atoms with van der Waals surface area (Å²) in [6, 6.07) is 14.8. The predicted molar refractivity (Wildman–Crippen MR) is 85.4 cm³/mol. The van der Waals surface area contributed by atoms with E-state index < -0.39 is 6.10 Å². The number of aryl methyl sites for hydroxylation is 1. The van der Waals surface area contributed by atoms with Crippen molar-refractivity contribution in [1.29, 1.82) is 0 Å². The number of nitrogens with one attached hydrogen (secondary N) is 1. The molecule has 4 heteroatoms. The van der Waals surface area contributed by atoms with Crippen LogP contribution in [0.3, 0.4) is 0 Å². The van der Waals surface area contributed by atoms with Gasteiger partial charge in [0.05, 0.1) is 0 Å². The quantitative estimate of drug-likeness (QED) is 0.827. The molecule has 0 aliphatic rings. The molecule has 0 fully saturated rings. The maximum absolute atomic E-state index is 12.3. The van der Waals surface area contributed by atoms with Gasteiger partial charge in [0, 0.05) is 11.4 Å². The summed E-state index contributed by atoms with van der Waals surface area (Å²) < 4.78 is 5.82. The minimum Gasteiger partial charge on any atom is -0.480 e. The van der Waals surface area contributed by atoms with Crippen molar-refractivity contribution in [2.45, 2.75) is 26.4 Å². The van der Waals surface area contributed by atoms with Crippen LogP contribution in [0, 0.1) is 6.92 Å². The molecular formula is C17H20N2O2. The van der Waals surface area contributed by atoms with E-state index in [0.29, 0.717) is 17.8 Å². The molecule has 0 spiro atoms. The Morgan fingerprint density at radius 2 is 2.00 bits per heavy atom. The average molecular weight is 284 g/mol. The van der Waals surface area contributed by atoms with Gasteiger partial charge in [-0.1, -0.05) is 31.2 Å². The van der Waals surface area contributed by atoms with Gasteiger partial charge in [-0.15, -0.1) is 0 Å². The van der Waals surface area contributed by atoms with Gasteiger partial charge in [-0.3, -0.25) is 4.79 Å². The fourth-order valence-electron chi connectivity index (χ4n) is 2.00. The van der Waals surface area contributed by atoms with Gasteiger partial charge in [-0.05, 0) is 43.2 Å². The Kier molecular flexibility index (Phi) is 4.82. The number of benzene rings is 2. The highest BCUT2D eigenvalue weighted by Crippen LogP contribution is 2.20. The number of ether oxygens (including phenoxy) is 1. The van der Waals surface area contributed by atoms with Crippen LogP contribution in [0.15, 0.2) is 48.5 Å². The fourth-order valence-corrected chi connectivity index (χ4v) is 2.00. The lowest BCUT2D eigenvalue weighted by Crippen LogP contribution is -2.32. The Hall–Kier alpha value is -2.49. The SMILES string of the molecule is CC[C@H](Oc1ccccc1C)C(=O)Nc1cccc(N)c1. The van der Waals surface area contributed by atoms with Crippen molar-refractivity contribution in [2.75, 3.05) is 11.1 Å². The number of carbonyl (C=O) groups excluding carboxylic acids is 1. The number of para-hydroxylation sites is 1. The van der Waals surface area contributed by atoms with Crippen molar-refractivity contribution in [2.24, 2.45) is 0 Å². The van der Waals surface area contributed by atoms with Crippen molar-refractivity contribution in [3.8, 4) is 5.75 Å². The first kappa shape index (κ1) is 14.9. The van der Waals surface area contributed by atoms with Gasteiger partial charge in [0.1, 0.15) is 5.75 Å². The Balaban J connectivity index is 2.07. The molecule has 2 aromatic carbocycles. The maximum Gasteiger partial charge on any atom is 0.265 e. The zero-order valence-electron chi connectivity index (χ0n) is 12.3. The van der Waals surface area contributed by atoms with Gasteiger partial charge in [-0.2, -0.15) is 0 Å². The highest BCUT2D eigenvalue weighted by Gasteiger charge is 2.19. The van der Waals surface area contributed by atoms with Crippen molar-refractivity contribution in [3.63, 3.8) is 0 Å². The first-order chi connectivity index (χ1) is 10.1. The zero-order chi connectivity index (χ0) is 15.2. The van der Waals surface area contributed by atoms with Crippen LogP contribution in [0.2, 0.25) is 0 Å². The first-order valence-corrected chi connectivity index (χ1v) is 6.99. The van der Waals surface area contributed by atoms with E-state index in [1.54, 1.807) is 24.3 Å². The molecule has 0 aromatic heterocycles. The van der Waals surface area contributed by atoms with Crippen LogP contribution < -0.4 is 15.8 Å². The van der Waals surface area contributed by atoms with Gasteiger partial charge >= 0.3 is 0 Å². The number of anilines is 2. The van der Waals surface area contributed by atoms with E-state index in [2.05, 4.69) is 5.32 Å². The van der Waals surface area contributed by atoms with Crippen molar-refractivity contribution < 1.29 is 9.53 Å². The molecule has 2 rings (SSSR count). The predicted octanol–water partition coefficient (Wildman–Crippen LogP) is 3.37. The zero-order valence-corrected chi connectivity index (χ0v) is 12.3. The Morgan fingerprint density at radius 1 is 1.24 bits per heavy atom. The normalized spacial score (nSPS) is 11.7. The second-order valence-corrected chi connectivity index (χ2v) is 4.89. The molecule has 110 valence electrons. The summed E-state index contributed by atoms with van der Waals surface area (Å²) in [5.74, 6) is 0.554. The van der Waals surface area contributed by atoms with Gasteiger partial charge < -0.3 is 15.8 Å². The molecule has 21 heavy (non-hydrogen) atoms. The molecule has 0 heterocycles. The molecular weight excluding hydrogens is 264 g/mol. The summed E-state index contributed by atoms with van der Waals surface area (Å²) in [5.41, 5.74) is 8.00. The third-order valence-electron chi connectivity index (χ3n) is 3.18. The van der Waals surface area contributed by atoms with Gasteiger partial charge in [0.25, 0.3) is 5.91 Å². The van der Waals surface area contributed by atoms with E-state index in [4.69, 9.17) is 10.5 Å². The van der Waals surface area contributed by atoms with Crippen LogP contribution in [0.5, 0.6) is 5.75 Å². The molecule has 0 saturated carbocycles. The Labute approximate surface area is 124 Å². The number of hydrogen-bond acceptors (Lipinski definition) is 3. The lowest BCUT2D eigenvalue weighted by Gasteiger charge is -2.18. The number of amides is 1. The molecule has 3 N–H and O–H groups in total. The second kappa shape index (κ2) is 6.79. The van der Waals surface area contributed by atoms with E-state index in [1.165, 1.54) is 0 Å². The third-order valence-corrected chi connectivity index (χ3v) is 3.18. The first-order valence-electron chi connectivity index (χ1n) is 6.99. The summed E-state index contributed by atoms with van der Waals surface area (Å²) in [6.07, 6.45) is 0.0511. The standard InChI is InChI=1S/C17H20N2O2/c1-3-15(21-16-10-5-4-7-12(16)2)17(20)19-14-9-6-8-13(18)11-14/h4-11,15H,3,18H2,1-2H3,(H,19,20)/t15-/m0/s1. The molecule has 0 saturated heterocycles. The molecule has 0 aliphatic carbocycles. The number of nitrogens with two attached hydrogens (primary N) is 1. The van der Waals surface area contributed by atoms with Crippen molar-refractivity contribution in [3.05, 3.63) is 54.1 Å². The lowest BCUT2D eigenvalue weighted by atomic mass is 10.2. The van der Waals surface area contributed by atoms with Gasteiger partial charge in [-0.25, -0.2) is 0 Å². The van der Waals surface area contributed by atoms with Gasteiger partial charge in [0.15, 0.2) is 6.10 Å². The lowest BCUT2D eigenvalue weighted by molar-refractivity contribution is -0.122. The number of hydrogen-bond donors (Lipinski definition) is 2. The Bertz CT molecular complexity index is 626. The molecule has 0 aliphatic heterocycles. The molecule has 4 nitrogen and oxygen atoms in total. The van der Waals surface area contributed by atoms with Crippen LogP contribution >= 0.6 is 0 Å². The van der Waals surface area contributed by atoms with Crippen LogP contribution in [0.4, 0.5) is 11.4 Å². The molecule has 0 radical (unpaired) electrons. The van der Waals surface area contributed by atoms with Crippen LogP contribution in [0.1, 0.15) is 18.9 Å². The van der Waals surface area contributed by atoms with E-state index >= 15 is 0 Å². The topological polar surface area (TPSA) is 64.3 Å². The highest BCUT2D eigenvalue weighted by atomic mass is 16.5. The summed E-state index contributed by atoms with van der Waals surface area (Å²) in [5, 5.41) is 2.83. The maximum atomic E-state index is 12.3. The minimum absolute atomic E-state index is 0.175. The molecule has 2 aromatic rings. The Morgan fingerprint density at radius 3 is 2.67 bits per heavy atom. The second-order valence-electron chi connectivity index (χ2n) is 4.89.